The molecular weight excluding hydrogens is 320 g/mol. The Morgan fingerprint density at radius 3 is 2.40 bits per heavy atom. The predicted molar refractivity (Wildman–Crippen MR) is 98.2 cm³/mol. The van der Waals surface area contributed by atoms with E-state index >= 15 is 0 Å². The quantitative estimate of drug-likeness (QED) is 0.566. The van der Waals surface area contributed by atoms with E-state index in [2.05, 4.69) is 26.1 Å². The minimum atomic E-state index is -0.444. The SMILES string of the molecule is CC(C)(C)C[C@H](CO)Nc1cc(Oc2ccccc2)ccc1[N+](=O)[O-]. The minimum Gasteiger partial charge on any atom is -0.457 e. The van der Waals surface area contributed by atoms with E-state index in [9.17, 15) is 15.2 Å². The highest BCUT2D eigenvalue weighted by molar-refractivity contribution is 5.65. The van der Waals surface area contributed by atoms with E-state index in [1.807, 2.05) is 30.3 Å². The van der Waals surface area contributed by atoms with Crippen molar-refractivity contribution in [2.75, 3.05) is 11.9 Å². The molecule has 2 rings (SSSR count). The Hall–Kier alpha value is -2.60. The Kier molecular flexibility index (Phi) is 5.98. The minimum absolute atomic E-state index is 0.0205. The topological polar surface area (TPSA) is 84.6 Å². The lowest BCUT2D eigenvalue weighted by atomic mass is 9.88. The van der Waals surface area contributed by atoms with Gasteiger partial charge in [-0.3, -0.25) is 10.1 Å². The molecular formula is C19H24N2O4. The molecule has 0 aliphatic carbocycles. The highest BCUT2D eigenvalue weighted by atomic mass is 16.6. The average Bonchev–Trinajstić information content (AvgIpc) is 2.54. The smallest absolute Gasteiger partial charge is 0.292 e. The number of hydrogen-bond acceptors (Lipinski definition) is 5. The third-order valence-electron chi connectivity index (χ3n) is 3.58. The summed E-state index contributed by atoms with van der Waals surface area (Å²) in [6.07, 6.45) is 0.671. The molecule has 0 fully saturated rings. The van der Waals surface area contributed by atoms with Crippen molar-refractivity contribution in [1.82, 2.24) is 0 Å². The zero-order chi connectivity index (χ0) is 18.4. The molecule has 1 atom stereocenters. The van der Waals surface area contributed by atoms with Crippen LogP contribution in [0.2, 0.25) is 0 Å². The van der Waals surface area contributed by atoms with Gasteiger partial charge in [-0.1, -0.05) is 39.0 Å². The first-order chi connectivity index (χ1) is 11.8. The Morgan fingerprint density at radius 2 is 1.84 bits per heavy atom. The first-order valence-electron chi connectivity index (χ1n) is 8.17. The van der Waals surface area contributed by atoms with E-state index in [1.165, 1.54) is 6.07 Å². The van der Waals surface area contributed by atoms with Gasteiger partial charge >= 0.3 is 0 Å². The van der Waals surface area contributed by atoms with Crippen molar-refractivity contribution in [3.8, 4) is 11.5 Å². The Bertz CT molecular complexity index is 711. The molecule has 2 aromatic rings. The van der Waals surface area contributed by atoms with Crippen molar-refractivity contribution in [2.45, 2.75) is 33.2 Å². The number of nitrogens with one attached hydrogen (secondary N) is 1. The third kappa shape index (κ3) is 5.76. The first-order valence-corrected chi connectivity index (χ1v) is 8.17. The molecule has 0 heterocycles. The van der Waals surface area contributed by atoms with Gasteiger partial charge < -0.3 is 15.2 Å². The van der Waals surface area contributed by atoms with Crippen LogP contribution in [0, 0.1) is 15.5 Å². The van der Waals surface area contributed by atoms with Gasteiger partial charge in [0.1, 0.15) is 17.2 Å². The van der Waals surface area contributed by atoms with Crippen LogP contribution in [0.15, 0.2) is 48.5 Å². The van der Waals surface area contributed by atoms with Gasteiger partial charge in [0.15, 0.2) is 0 Å². The predicted octanol–water partition coefficient (Wildman–Crippen LogP) is 4.60. The second-order valence-corrected chi connectivity index (χ2v) is 7.14. The van der Waals surface area contributed by atoms with Crippen LogP contribution in [0.5, 0.6) is 11.5 Å². The van der Waals surface area contributed by atoms with E-state index < -0.39 is 4.92 Å². The van der Waals surface area contributed by atoms with Gasteiger partial charge in [-0.2, -0.15) is 0 Å². The van der Waals surface area contributed by atoms with Crippen molar-refractivity contribution >= 4 is 11.4 Å². The van der Waals surface area contributed by atoms with Crippen LogP contribution in [0.3, 0.4) is 0 Å². The molecule has 2 aromatic carbocycles. The second-order valence-electron chi connectivity index (χ2n) is 7.14. The third-order valence-corrected chi connectivity index (χ3v) is 3.58. The Labute approximate surface area is 147 Å². The van der Waals surface area contributed by atoms with Crippen molar-refractivity contribution in [1.29, 1.82) is 0 Å². The molecule has 0 aromatic heterocycles. The number of ether oxygens (including phenoxy) is 1. The average molecular weight is 344 g/mol. The fourth-order valence-corrected chi connectivity index (χ4v) is 2.60. The van der Waals surface area contributed by atoms with Crippen LogP contribution in [0.4, 0.5) is 11.4 Å². The largest absolute Gasteiger partial charge is 0.457 e. The maximum absolute atomic E-state index is 11.3. The zero-order valence-electron chi connectivity index (χ0n) is 14.7. The molecule has 6 nitrogen and oxygen atoms in total. The van der Waals surface area contributed by atoms with Crippen LogP contribution in [-0.4, -0.2) is 22.7 Å². The van der Waals surface area contributed by atoms with E-state index in [0.29, 0.717) is 23.6 Å². The normalized spacial score (nSPS) is 12.5. The molecule has 0 bridgehead atoms. The molecule has 0 saturated carbocycles. The number of nitro groups is 1. The highest BCUT2D eigenvalue weighted by Gasteiger charge is 2.22. The summed E-state index contributed by atoms with van der Waals surface area (Å²) in [5.41, 5.74) is 0.266. The molecule has 0 aliphatic rings. The lowest BCUT2D eigenvalue weighted by molar-refractivity contribution is -0.384. The summed E-state index contributed by atoms with van der Waals surface area (Å²) in [4.78, 5) is 10.9. The Morgan fingerprint density at radius 1 is 1.16 bits per heavy atom. The number of nitro benzene ring substituents is 1. The van der Waals surface area contributed by atoms with Gasteiger partial charge in [0.25, 0.3) is 5.69 Å². The summed E-state index contributed by atoms with van der Waals surface area (Å²) >= 11 is 0. The molecule has 6 heteroatoms. The van der Waals surface area contributed by atoms with Crippen LogP contribution in [-0.2, 0) is 0 Å². The van der Waals surface area contributed by atoms with Gasteiger partial charge in [-0.05, 0) is 30.0 Å². The van der Waals surface area contributed by atoms with Crippen molar-refractivity contribution in [3.05, 3.63) is 58.6 Å². The van der Waals surface area contributed by atoms with Crippen LogP contribution in [0.25, 0.3) is 0 Å². The lowest BCUT2D eigenvalue weighted by Crippen LogP contribution is -2.29. The molecule has 0 amide bonds. The number of rotatable bonds is 7. The highest BCUT2D eigenvalue weighted by Crippen LogP contribution is 2.33. The molecule has 25 heavy (non-hydrogen) atoms. The summed E-state index contributed by atoms with van der Waals surface area (Å²) < 4.78 is 5.74. The zero-order valence-corrected chi connectivity index (χ0v) is 14.7. The molecule has 2 N–H and O–H groups in total. The molecule has 0 saturated heterocycles. The van der Waals surface area contributed by atoms with Crippen LogP contribution in [0.1, 0.15) is 27.2 Å². The number of nitrogens with zero attached hydrogens (tertiary/aromatic N) is 1. The summed E-state index contributed by atoms with van der Waals surface area (Å²) in [6, 6.07) is 13.5. The van der Waals surface area contributed by atoms with Crippen molar-refractivity contribution in [3.63, 3.8) is 0 Å². The number of hydrogen-bond donors (Lipinski definition) is 2. The van der Waals surface area contributed by atoms with E-state index in [-0.39, 0.29) is 23.8 Å². The molecule has 134 valence electrons. The van der Waals surface area contributed by atoms with Gasteiger partial charge in [-0.15, -0.1) is 0 Å². The van der Waals surface area contributed by atoms with E-state index in [4.69, 9.17) is 4.74 Å². The molecule has 0 unspecified atom stereocenters. The van der Waals surface area contributed by atoms with E-state index in [0.717, 1.165) is 0 Å². The van der Waals surface area contributed by atoms with Gasteiger partial charge in [-0.25, -0.2) is 0 Å². The fourth-order valence-electron chi connectivity index (χ4n) is 2.60. The number of para-hydroxylation sites is 1. The summed E-state index contributed by atoms with van der Waals surface area (Å²) in [6.45, 7) is 6.06. The summed E-state index contributed by atoms with van der Waals surface area (Å²) in [5.74, 6) is 1.14. The first kappa shape index (κ1) is 18.7. The van der Waals surface area contributed by atoms with Crippen LogP contribution < -0.4 is 10.1 Å². The maximum Gasteiger partial charge on any atom is 0.292 e. The second kappa shape index (κ2) is 7.98. The monoisotopic (exact) mass is 344 g/mol. The summed E-state index contributed by atoms with van der Waals surface area (Å²) in [7, 11) is 0. The molecule has 0 spiro atoms. The number of anilines is 1. The van der Waals surface area contributed by atoms with Crippen molar-refractivity contribution in [2.24, 2.45) is 5.41 Å². The van der Waals surface area contributed by atoms with Gasteiger partial charge in [0.2, 0.25) is 0 Å². The maximum atomic E-state index is 11.3. The summed E-state index contributed by atoms with van der Waals surface area (Å²) in [5, 5.41) is 24.0. The molecule has 0 radical (unpaired) electrons. The lowest BCUT2D eigenvalue weighted by Gasteiger charge is -2.26. The standard InChI is InChI=1S/C19H24N2O4/c1-19(2,3)12-14(13-22)20-17-11-16(9-10-18(17)21(23)24)25-15-7-5-4-6-8-15/h4-11,14,20,22H,12-13H2,1-3H3/t14-/m1/s1. The number of aliphatic hydroxyl groups is 1. The number of aliphatic hydroxyl groups excluding tert-OH is 1. The number of benzene rings is 2. The van der Waals surface area contributed by atoms with Crippen molar-refractivity contribution < 1.29 is 14.8 Å². The fraction of sp³-hybridized carbons (Fsp3) is 0.368. The van der Waals surface area contributed by atoms with Gasteiger partial charge in [0, 0.05) is 18.2 Å². The Balaban J connectivity index is 2.26. The van der Waals surface area contributed by atoms with Gasteiger partial charge in [0.05, 0.1) is 11.5 Å². The molecule has 0 aliphatic heterocycles. The van der Waals surface area contributed by atoms with E-state index in [1.54, 1.807) is 12.1 Å². The van der Waals surface area contributed by atoms with Crippen LogP contribution >= 0.6 is 0 Å².